The molecule has 0 aromatic rings. The molecule has 0 aliphatic rings. The minimum Gasteiger partial charge on any atom is -0.481 e. The van der Waals surface area contributed by atoms with E-state index in [1.807, 2.05) is 6.92 Å². The zero-order valence-corrected chi connectivity index (χ0v) is 7.89. The van der Waals surface area contributed by atoms with Crippen molar-refractivity contribution in [1.82, 2.24) is 0 Å². The molecule has 0 aliphatic carbocycles. The Morgan fingerprint density at radius 2 is 1.83 bits per heavy atom. The van der Waals surface area contributed by atoms with Gasteiger partial charge in [0, 0.05) is 11.8 Å². The summed E-state index contributed by atoms with van der Waals surface area (Å²) in [7, 11) is 0. The first-order valence-corrected chi connectivity index (χ1v) is 4.15. The van der Waals surface area contributed by atoms with Crippen molar-refractivity contribution in [2.75, 3.05) is 0 Å². The number of carbonyl (C=O) groups is 2. The van der Waals surface area contributed by atoms with E-state index < -0.39 is 11.4 Å². The maximum atomic E-state index is 11.3. The van der Waals surface area contributed by atoms with Crippen LogP contribution >= 0.6 is 0 Å². The van der Waals surface area contributed by atoms with E-state index >= 15 is 0 Å². The number of hydrogen-bond acceptors (Lipinski definition) is 2. The molecule has 0 saturated heterocycles. The highest BCUT2D eigenvalue weighted by atomic mass is 16.4. The molecule has 3 heteroatoms. The van der Waals surface area contributed by atoms with E-state index in [0.29, 0.717) is 6.42 Å². The second-order valence-electron chi connectivity index (χ2n) is 3.63. The van der Waals surface area contributed by atoms with Crippen LogP contribution < -0.4 is 0 Å². The summed E-state index contributed by atoms with van der Waals surface area (Å²) in [5, 5.41) is 8.51. The van der Waals surface area contributed by atoms with E-state index in [9.17, 15) is 9.59 Å². The number of Topliss-reactive ketones (excluding diaryl/α,β-unsaturated/α-hetero) is 1. The van der Waals surface area contributed by atoms with Gasteiger partial charge in [0.1, 0.15) is 5.78 Å². The molecule has 70 valence electrons. The number of carbonyl (C=O) groups excluding carboxylic acids is 1. The Morgan fingerprint density at radius 1 is 1.33 bits per heavy atom. The van der Waals surface area contributed by atoms with Gasteiger partial charge < -0.3 is 5.11 Å². The highest BCUT2D eigenvalue weighted by Crippen LogP contribution is 2.23. The molecular formula is C9H16O3. The summed E-state index contributed by atoms with van der Waals surface area (Å²) in [4.78, 5) is 21.7. The Labute approximate surface area is 72.8 Å². The molecule has 0 fully saturated rings. The molecule has 0 spiro atoms. The molecule has 1 N–H and O–H groups in total. The first kappa shape index (κ1) is 11.1. The molecule has 0 aromatic heterocycles. The summed E-state index contributed by atoms with van der Waals surface area (Å²) in [6.07, 6.45) is 1.17. The van der Waals surface area contributed by atoms with Gasteiger partial charge in [-0.1, -0.05) is 20.8 Å². The normalized spacial score (nSPS) is 11.2. The van der Waals surface area contributed by atoms with Crippen LogP contribution in [0.15, 0.2) is 0 Å². The van der Waals surface area contributed by atoms with Gasteiger partial charge in [-0.15, -0.1) is 0 Å². The van der Waals surface area contributed by atoms with Crippen LogP contribution in [0.25, 0.3) is 0 Å². The average molecular weight is 172 g/mol. The second kappa shape index (κ2) is 4.24. The first-order valence-electron chi connectivity index (χ1n) is 4.15. The number of aliphatic carboxylic acids is 1. The molecule has 0 saturated carbocycles. The predicted molar refractivity (Wildman–Crippen MR) is 45.9 cm³/mol. The fourth-order valence-electron chi connectivity index (χ4n) is 1.04. The Kier molecular flexibility index (Phi) is 3.93. The van der Waals surface area contributed by atoms with Crippen molar-refractivity contribution >= 4 is 11.8 Å². The van der Waals surface area contributed by atoms with Crippen LogP contribution in [0.5, 0.6) is 0 Å². The van der Waals surface area contributed by atoms with Gasteiger partial charge in [-0.25, -0.2) is 0 Å². The van der Waals surface area contributed by atoms with Crippen LogP contribution in [0.2, 0.25) is 0 Å². The van der Waals surface area contributed by atoms with Crippen molar-refractivity contribution in [2.24, 2.45) is 5.41 Å². The zero-order valence-electron chi connectivity index (χ0n) is 7.89. The Morgan fingerprint density at radius 3 is 2.17 bits per heavy atom. The molecule has 12 heavy (non-hydrogen) atoms. The molecule has 0 bridgehead atoms. The van der Waals surface area contributed by atoms with E-state index in [1.165, 1.54) is 0 Å². The summed E-state index contributed by atoms with van der Waals surface area (Å²) < 4.78 is 0. The van der Waals surface area contributed by atoms with E-state index in [0.717, 1.165) is 6.42 Å². The van der Waals surface area contributed by atoms with Gasteiger partial charge in [-0.3, -0.25) is 9.59 Å². The third-order valence-electron chi connectivity index (χ3n) is 1.83. The number of carboxylic acids is 1. The molecule has 0 atom stereocenters. The minimum absolute atomic E-state index is 0.0346. The summed E-state index contributed by atoms with van der Waals surface area (Å²) in [6, 6.07) is 0. The molecule has 0 radical (unpaired) electrons. The van der Waals surface area contributed by atoms with Gasteiger partial charge >= 0.3 is 5.97 Å². The average Bonchev–Trinajstić information content (AvgIpc) is 1.85. The minimum atomic E-state index is -0.913. The Hall–Kier alpha value is -0.860. The van der Waals surface area contributed by atoms with Crippen molar-refractivity contribution in [3.8, 4) is 0 Å². The molecule has 0 aliphatic heterocycles. The summed E-state index contributed by atoms with van der Waals surface area (Å²) in [5.41, 5.74) is -0.707. The molecule has 0 aromatic carbocycles. The van der Waals surface area contributed by atoms with E-state index in [4.69, 9.17) is 5.11 Å². The molecule has 0 rings (SSSR count). The lowest BCUT2D eigenvalue weighted by Gasteiger charge is -2.19. The SMILES string of the molecule is CCCC(=O)C(C)(C)CC(=O)O. The topological polar surface area (TPSA) is 54.4 Å². The van der Waals surface area contributed by atoms with Crippen LogP contribution in [0.3, 0.4) is 0 Å². The van der Waals surface area contributed by atoms with Gasteiger partial charge in [-0.2, -0.15) is 0 Å². The molecule has 3 nitrogen and oxygen atoms in total. The second-order valence-corrected chi connectivity index (χ2v) is 3.63. The third kappa shape index (κ3) is 3.51. The van der Waals surface area contributed by atoms with Crippen molar-refractivity contribution in [3.05, 3.63) is 0 Å². The maximum absolute atomic E-state index is 11.3. The smallest absolute Gasteiger partial charge is 0.304 e. The zero-order chi connectivity index (χ0) is 9.78. The van der Waals surface area contributed by atoms with Crippen LogP contribution in [0.4, 0.5) is 0 Å². The van der Waals surface area contributed by atoms with E-state index in [-0.39, 0.29) is 12.2 Å². The molecule has 0 heterocycles. The highest BCUT2D eigenvalue weighted by molar-refractivity contribution is 5.87. The Balaban J connectivity index is 4.18. The van der Waals surface area contributed by atoms with Crippen LogP contribution in [-0.2, 0) is 9.59 Å². The maximum Gasteiger partial charge on any atom is 0.304 e. The van der Waals surface area contributed by atoms with Crippen molar-refractivity contribution in [2.45, 2.75) is 40.0 Å². The van der Waals surface area contributed by atoms with Crippen molar-refractivity contribution in [3.63, 3.8) is 0 Å². The molecule has 0 unspecified atom stereocenters. The lowest BCUT2D eigenvalue weighted by atomic mass is 9.83. The quantitative estimate of drug-likeness (QED) is 0.688. The van der Waals surface area contributed by atoms with Gasteiger partial charge in [-0.05, 0) is 6.42 Å². The monoisotopic (exact) mass is 172 g/mol. The van der Waals surface area contributed by atoms with Crippen LogP contribution in [0, 0.1) is 5.41 Å². The van der Waals surface area contributed by atoms with Crippen LogP contribution in [-0.4, -0.2) is 16.9 Å². The summed E-state index contributed by atoms with van der Waals surface area (Å²) in [6.45, 7) is 5.27. The summed E-state index contributed by atoms with van der Waals surface area (Å²) in [5.74, 6) is -0.878. The fraction of sp³-hybridized carbons (Fsp3) is 0.778. The van der Waals surface area contributed by atoms with E-state index in [1.54, 1.807) is 13.8 Å². The number of hydrogen-bond donors (Lipinski definition) is 1. The van der Waals surface area contributed by atoms with E-state index in [2.05, 4.69) is 0 Å². The highest BCUT2D eigenvalue weighted by Gasteiger charge is 2.28. The number of rotatable bonds is 5. The third-order valence-corrected chi connectivity index (χ3v) is 1.83. The first-order chi connectivity index (χ1) is 5.40. The number of ketones is 1. The predicted octanol–water partition coefficient (Wildman–Crippen LogP) is 1.86. The van der Waals surface area contributed by atoms with Crippen molar-refractivity contribution < 1.29 is 14.7 Å². The standard InChI is InChI=1S/C9H16O3/c1-4-5-7(10)9(2,3)6-8(11)12/h4-6H2,1-3H3,(H,11,12). The number of carboxylic acid groups (broad SMARTS) is 1. The van der Waals surface area contributed by atoms with Crippen LogP contribution in [0.1, 0.15) is 40.0 Å². The Bertz CT molecular complexity index is 182. The van der Waals surface area contributed by atoms with Gasteiger partial charge in [0.25, 0.3) is 0 Å². The van der Waals surface area contributed by atoms with Gasteiger partial charge in [0.15, 0.2) is 0 Å². The lowest BCUT2D eigenvalue weighted by Crippen LogP contribution is -2.26. The summed E-state index contributed by atoms with van der Waals surface area (Å²) >= 11 is 0. The molecular weight excluding hydrogens is 156 g/mol. The molecule has 0 amide bonds. The van der Waals surface area contributed by atoms with Crippen molar-refractivity contribution in [1.29, 1.82) is 0 Å². The van der Waals surface area contributed by atoms with Gasteiger partial charge in [0.05, 0.1) is 6.42 Å². The largest absolute Gasteiger partial charge is 0.481 e. The van der Waals surface area contributed by atoms with Gasteiger partial charge in [0.2, 0.25) is 0 Å². The fourth-order valence-corrected chi connectivity index (χ4v) is 1.04. The lowest BCUT2D eigenvalue weighted by molar-refractivity contribution is -0.143.